The van der Waals surface area contributed by atoms with Crippen LogP contribution in [0.5, 0.6) is 5.75 Å². The fourth-order valence-corrected chi connectivity index (χ4v) is 5.58. The van der Waals surface area contributed by atoms with Crippen LogP contribution in [0.2, 0.25) is 0 Å². The molecule has 0 aliphatic heterocycles. The maximum atomic E-state index is 14.0. The van der Waals surface area contributed by atoms with E-state index in [1.165, 1.54) is 17.0 Å². The first kappa shape index (κ1) is 30.7. The van der Waals surface area contributed by atoms with Gasteiger partial charge < -0.3 is 15.0 Å². The number of benzene rings is 3. The molecule has 0 fully saturated rings. The molecule has 0 bridgehead atoms. The molecule has 40 heavy (non-hydrogen) atoms. The lowest BCUT2D eigenvalue weighted by molar-refractivity contribution is -0.139. The van der Waals surface area contributed by atoms with E-state index in [0.717, 1.165) is 27.4 Å². The van der Waals surface area contributed by atoms with Gasteiger partial charge in [-0.1, -0.05) is 66.6 Å². The Kier molecular flexibility index (Phi) is 10.7. The van der Waals surface area contributed by atoms with Crippen molar-refractivity contribution >= 4 is 27.5 Å². The van der Waals surface area contributed by atoms with Gasteiger partial charge in [0.15, 0.2) is 0 Å². The fraction of sp³-hybridized carbons (Fsp3) is 0.355. The molecule has 0 radical (unpaired) electrons. The lowest BCUT2D eigenvalue weighted by Gasteiger charge is -2.32. The summed E-state index contributed by atoms with van der Waals surface area (Å²) in [5.41, 5.74) is 3.05. The van der Waals surface area contributed by atoms with Gasteiger partial charge in [0.25, 0.3) is 10.0 Å². The number of nitrogens with zero attached hydrogens (tertiary/aromatic N) is 2. The minimum atomic E-state index is -4.17. The highest BCUT2D eigenvalue weighted by atomic mass is 32.2. The minimum absolute atomic E-state index is 0.0519. The average Bonchev–Trinajstić information content (AvgIpc) is 2.94. The summed E-state index contributed by atoms with van der Waals surface area (Å²) in [4.78, 5) is 28.5. The number of hydrogen-bond donors (Lipinski definition) is 1. The second-order valence-corrected chi connectivity index (χ2v) is 11.6. The third-order valence-electron chi connectivity index (χ3n) is 6.51. The van der Waals surface area contributed by atoms with Crippen LogP contribution >= 0.6 is 0 Å². The first-order valence-corrected chi connectivity index (χ1v) is 15.0. The molecule has 0 aliphatic rings. The average molecular weight is 566 g/mol. The maximum absolute atomic E-state index is 14.0. The number of carbonyl (C=O) groups excluding carboxylic acids is 2. The zero-order valence-corrected chi connectivity index (χ0v) is 24.7. The molecule has 0 saturated heterocycles. The van der Waals surface area contributed by atoms with Gasteiger partial charge in [0.2, 0.25) is 11.8 Å². The molecule has 0 unspecified atom stereocenters. The summed E-state index contributed by atoms with van der Waals surface area (Å²) in [5.74, 6) is -0.473. The molecular weight excluding hydrogens is 526 g/mol. The second kappa shape index (κ2) is 14.0. The van der Waals surface area contributed by atoms with Crippen LogP contribution < -0.4 is 14.4 Å². The number of amides is 2. The molecule has 0 aromatic heterocycles. The van der Waals surface area contributed by atoms with E-state index in [9.17, 15) is 18.0 Å². The summed E-state index contributed by atoms with van der Waals surface area (Å²) in [6, 6.07) is 20.1. The first-order valence-electron chi connectivity index (χ1n) is 13.5. The highest BCUT2D eigenvalue weighted by molar-refractivity contribution is 7.92. The Morgan fingerprint density at radius 3 is 2.10 bits per heavy atom. The van der Waals surface area contributed by atoms with Crippen LogP contribution in [0.25, 0.3) is 0 Å². The van der Waals surface area contributed by atoms with Crippen molar-refractivity contribution < 1.29 is 22.7 Å². The van der Waals surface area contributed by atoms with Crippen LogP contribution in [0.1, 0.15) is 43.9 Å². The molecular formula is C31H39N3O5S. The molecule has 9 heteroatoms. The van der Waals surface area contributed by atoms with Gasteiger partial charge in [0.05, 0.1) is 17.2 Å². The SMILES string of the molecule is CCCNC(=O)[C@@H](C)N(Cc1ccc(C)cc1)C(=O)CN(c1ccccc1OCC)S(=O)(=O)c1ccc(C)cc1. The molecule has 3 rings (SSSR count). The summed E-state index contributed by atoms with van der Waals surface area (Å²) in [6.45, 7) is 9.67. The van der Waals surface area contributed by atoms with Crippen molar-refractivity contribution in [2.75, 3.05) is 24.0 Å². The Hall–Kier alpha value is -3.85. The summed E-state index contributed by atoms with van der Waals surface area (Å²) in [5, 5.41) is 2.85. The van der Waals surface area contributed by atoms with Gasteiger partial charge in [-0.15, -0.1) is 0 Å². The third-order valence-corrected chi connectivity index (χ3v) is 8.29. The van der Waals surface area contributed by atoms with Crippen molar-refractivity contribution in [3.05, 3.63) is 89.5 Å². The number of aryl methyl sites for hydroxylation is 2. The Bertz CT molecular complexity index is 1390. The van der Waals surface area contributed by atoms with Crippen LogP contribution in [-0.4, -0.2) is 50.9 Å². The largest absolute Gasteiger partial charge is 0.492 e. The van der Waals surface area contributed by atoms with Gasteiger partial charge in [-0.05, 0) is 63.9 Å². The van der Waals surface area contributed by atoms with E-state index in [1.807, 2.05) is 45.0 Å². The Balaban J connectivity index is 2.06. The summed E-state index contributed by atoms with van der Waals surface area (Å²) in [7, 11) is -4.17. The number of para-hydroxylation sites is 2. The lowest BCUT2D eigenvalue weighted by atomic mass is 10.1. The molecule has 214 valence electrons. The normalized spacial score (nSPS) is 11.9. The van der Waals surface area contributed by atoms with Crippen LogP contribution in [0.3, 0.4) is 0 Å². The molecule has 1 atom stereocenters. The van der Waals surface area contributed by atoms with Gasteiger partial charge in [0, 0.05) is 13.1 Å². The van der Waals surface area contributed by atoms with Crippen molar-refractivity contribution in [1.29, 1.82) is 0 Å². The number of carbonyl (C=O) groups is 2. The zero-order valence-electron chi connectivity index (χ0n) is 23.9. The standard InChI is InChI=1S/C31H39N3O5S/c1-6-20-32-31(36)25(5)33(21-26-16-12-23(3)13-17-26)30(35)22-34(28-10-8-9-11-29(28)39-7-2)40(37,38)27-18-14-24(4)15-19-27/h8-19,25H,6-7,20-22H2,1-5H3,(H,32,36)/t25-/m1/s1. The monoisotopic (exact) mass is 565 g/mol. The van der Waals surface area contributed by atoms with Gasteiger partial charge in [0.1, 0.15) is 18.3 Å². The quantitative estimate of drug-likeness (QED) is 0.320. The van der Waals surface area contributed by atoms with E-state index in [1.54, 1.807) is 50.2 Å². The van der Waals surface area contributed by atoms with E-state index < -0.39 is 28.5 Å². The van der Waals surface area contributed by atoms with Crippen molar-refractivity contribution in [3.63, 3.8) is 0 Å². The van der Waals surface area contributed by atoms with Crippen molar-refractivity contribution in [2.24, 2.45) is 0 Å². The second-order valence-electron chi connectivity index (χ2n) is 9.70. The van der Waals surface area contributed by atoms with E-state index in [-0.39, 0.29) is 23.0 Å². The summed E-state index contributed by atoms with van der Waals surface area (Å²) >= 11 is 0. The molecule has 3 aromatic carbocycles. The number of nitrogens with one attached hydrogen (secondary N) is 1. The van der Waals surface area contributed by atoms with Crippen molar-refractivity contribution in [1.82, 2.24) is 10.2 Å². The summed E-state index contributed by atoms with van der Waals surface area (Å²) in [6.07, 6.45) is 0.751. The Labute approximate surface area is 238 Å². The number of sulfonamides is 1. The van der Waals surface area contributed by atoms with Gasteiger partial charge in [-0.3, -0.25) is 13.9 Å². The van der Waals surface area contributed by atoms with E-state index in [2.05, 4.69) is 5.32 Å². The number of hydrogen-bond acceptors (Lipinski definition) is 5. The van der Waals surface area contributed by atoms with Crippen LogP contribution in [0.4, 0.5) is 5.69 Å². The molecule has 2 amide bonds. The van der Waals surface area contributed by atoms with Gasteiger partial charge >= 0.3 is 0 Å². The molecule has 0 aliphatic carbocycles. The highest BCUT2D eigenvalue weighted by Crippen LogP contribution is 2.33. The van der Waals surface area contributed by atoms with E-state index >= 15 is 0 Å². The summed E-state index contributed by atoms with van der Waals surface area (Å²) < 4.78 is 34.9. The molecule has 3 aromatic rings. The van der Waals surface area contributed by atoms with Crippen LogP contribution in [0.15, 0.2) is 77.7 Å². The number of rotatable bonds is 13. The zero-order chi connectivity index (χ0) is 29.3. The molecule has 1 N–H and O–H groups in total. The first-order chi connectivity index (χ1) is 19.1. The van der Waals surface area contributed by atoms with Gasteiger partial charge in [-0.25, -0.2) is 8.42 Å². The molecule has 0 heterocycles. The third kappa shape index (κ3) is 7.63. The molecule has 8 nitrogen and oxygen atoms in total. The molecule has 0 spiro atoms. The molecule has 0 saturated carbocycles. The van der Waals surface area contributed by atoms with Crippen LogP contribution in [0, 0.1) is 13.8 Å². The number of ether oxygens (including phenoxy) is 1. The van der Waals surface area contributed by atoms with Gasteiger partial charge in [-0.2, -0.15) is 0 Å². The minimum Gasteiger partial charge on any atom is -0.492 e. The van der Waals surface area contributed by atoms with E-state index in [4.69, 9.17) is 4.74 Å². The maximum Gasteiger partial charge on any atom is 0.264 e. The number of anilines is 1. The predicted molar refractivity (Wildman–Crippen MR) is 158 cm³/mol. The smallest absolute Gasteiger partial charge is 0.264 e. The Morgan fingerprint density at radius 2 is 1.50 bits per heavy atom. The predicted octanol–water partition coefficient (Wildman–Crippen LogP) is 4.84. The topological polar surface area (TPSA) is 96.0 Å². The Morgan fingerprint density at radius 1 is 0.900 bits per heavy atom. The van der Waals surface area contributed by atoms with E-state index in [0.29, 0.717) is 18.9 Å². The fourth-order valence-electron chi connectivity index (χ4n) is 4.16. The lowest BCUT2D eigenvalue weighted by Crippen LogP contribution is -2.51. The van der Waals surface area contributed by atoms with Crippen molar-refractivity contribution in [2.45, 2.75) is 58.5 Å². The van der Waals surface area contributed by atoms with Crippen molar-refractivity contribution in [3.8, 4) is 5.75 Å². The highest BCUT2D eigenvalue weighted by Gasteiger charge is 2.33. The van der Waals surface area contributed by atoms with Crippen LogP contribution in [-0.2, 0) is 26.2 Å².